The number of thiazole rings is 2. The van der Waals surface area contributed by atoms with E-state index in [1.807, 2.05) is 141 Å². The maximum Gasteiger partial charge on any atom is 0.247 e. The summed E-state index contributed by atoms with van der Waals surface area (Å²) in [6.45, 7) is 112. The quantitative estimate of drug-likeness (QED) is 0.156. The lowest BCUT2D eigenvalue weighted by atomic mass is 9.83. The van der Waals surface area contributed by atoms with Crippen LogP contribution in [0.3, 0.4) is 0 Å². The Morgan fingerprint density at radius 3 is 1.28 bits per heavy atom. The number of hydrogen-bond acceptors (Lipinski definition) is 13. The number of carbonyl (C=O) groups excluding carboxylic acids is 1. The second kappa shape index (κ2) is 56.7. The van der Waals surface area contributed by atoms with Gasteiger partial charge in [0.25, 0.3) is 0 Å². The molecular weight excluding hydrogens is 1760 g/mol. The van der Waals surface area contributed by atoms with Crippen LogP contribution in [0.2, 0.25) is 0 Å². The lowest BCUT2D eigenvalue weighted by molar-refractivity contribution is -0.114. The van der Waals surface area contributed by atoms with Crippen molar-refractivity contribution in [2.45, 2.75) is 420 Å². The number of H-pyrrole nitrogens is 2. The van der Waals surface area contributed by atoms with Crippen LogP contribution in [0.15, 0.2) is 175 Å². The number of ketones is 1. The van der Waals surface area contributed by atoms with E-state index in [9.17, 15) is 9.59 Å². The SMILES string of the molecule is C=CC(C)(C)C.CC(C)(C)C1=CC(=O)CC=C1.CC(C)(C)c1ccc(=O)[nH]c1.CC(C)(C)c1ccccc1.CC(C)(C)c1ccn[nH]1.CC(C)(C)c1cncs1.CC(C)C(C)(C)C.Cc1c(C(C)(C)C)cnn1C.Cc1cc(C(C)(C)C)ccn1.Cc1nc(C(C)(C)C)cs1.Cc1ncc(C(C)(C)C)n1C.Cc1nn(C)c(C)c1C(C)(C)C.Cn1cc(CCC(C)(C)C)cn1.Cn1ccc(C(C)(C)C)n1. The summed E-state index contributed by atoms with van der Waals surface area (Å²) in [5.74, 6) is 2.10. The number of carbonyl (C=O) groups is 1. The van der Waals surface area contributed by atoms with Crippen molar-refractivity contribution in [2.24, 2.45) is 62.8 Å². The number of allylic oxidation sites excluding steroid dienone is 5. The molecule has 2 N–H and O–H groups in total. The molecule has 11 aromatic rings. The van der Waals surface area contributed by atoms with Gasteiger partial charge in [-0.25, -0.2) is 9.97 Å². The van der Waals surface area contributed by atoms with E-state index in [0.29, 0.717) is 28.1 Å². The lowest BCUT2D eigenvalue weighted by Gasteiger charge is -2.22. The van der Waals surface area contributed by atoms with Crippen LogP contribution < -0.4 is 5.56 Å². The summed E-state index contributed by atoms with van der Waals surface area (Å²) in [6, 6.07) is 22.2. The Bertz CT molecular complexity index is 5230. The molecule has 1 aromatic carbocycles. The van der Waals surface area contributed by atoms with Crippen molar-refractivity contribution in [2.75, 3.05) is 0 Å². The Morgan fingerprint density at radius 1 is 0.500 bits per heavy atom. The second-order valence-corrected chi connectivity index (χ2v) is 53.7. The summed E-state index contributed by atoms with van der Waals surface area (Å²) in [7, 11) is 9.93. The third kappa shape index (κ3) is 56.5. The smallest absolute Gasteiger partial charge is 0.247 e. The normalized spacial score (nSPS) is 12.4. The molecule has 0 atom stereocenters. The Hall–Kier alpha value is -9.27. The Balaban J connectivity index is 0. The van der Waals surface area contributed by atoms with Gasteiger partial charge in [-0.05, 0) is 178 Å². The highest BCUT2D eigenvalue weighted by Gasteiger charge is 2.26. The summed E-state index contributed by atoms with van der Waals surface area (Å²) >= 11 is 3.44. The van der Waals surface area contributed by atoms with Gasteiger partial charge in [-0.3, -0.25) is 43.4 Å². The molecule has 0 bridgehead atoms. The van der Waals surface area contributed by atoms with E-state index in [-0.39, 0.29) is 65.5 Å². The first-order valence-corrected chi connectivity index (χ1v) is 51.7. The molecule has 0 unspecified atom stereocenters. The molecule has 0 radical (unpaired) electrons. The van der Waals surface area contributed by atoms with Crippen LogP contribution in [-0.4, -0.2) is 84.6 Å². The Labute approximate surface area is 863 Å². The zero-order chi connectivity index (χ0) is 110. The minimum atomic E-state index is -0.0435. The molecule has 0 fully saturated rings. The molecular formula is C120H202N16O2S2. The highest BCUT2D eigenvalue weighted by Crippen LogP contribution is 2.33. The van der Waals surface area contributed by atoms with Gasteiger partial charge in [-0.1, -0.05) is 359 Å². The van der Waals surface area contributed by atoms with E-state index in [0.717, 1.165) is 51.4 Å². The number of nitrogens with zero attached hydrogens (tertiary/aromatic N) is 14. The average molecular weight is 1970 g/mol. The minimum absolute atomic E-state index is 0.0435. The number of aromatic nitrogens is 16. The van der Waals surface area contributed by atoms with Gasteiger partial charge in [0.15, 0.2) is 5.78 Å². The number of aryl methyl sites for hydroxylation is 9. The lowest BCUT2D eigenvalue weighted by Crippen LogP contribution is -2.16. The molecule has 0 saturated heterocycles. The van der Waals surface area contributed by atoms with Crippen molar-refractivity contribution in [1.29, 1.82) is 0 Å². The molecule has 0 amide bonds. The second-order valence-electron chi connectivity index (χ2n) is 51.7. The largest absolute Gasteiger partial charge is 0.335 e. The fraction of sp³-hybridized carbons (Fsp3) is 0.608. The number of nitrogens with one attached hydrogen (secondary N) is 2. The molecule has 1 aliphatic rings. The van der Waals surface area contributed by atoms with Crippen molar-refractivity contribution < 1.29 is 4.79 Å². The number of aromatic amines is 2. The van der Waals surface area contributed by atoms with Crippen molar-refractivity contribution >= 4 is 28.5 Å². The monoisotopic (exact) mass is 1960 g/mol. The number of hydrogen-bond donors (Lipinski definition) is 2. The number of imidazole rings is 1. The van der Waals surface area contributed by atoms with Crippen LogP contribution in [0, 0.1) is 69.1 Å². The van der Waals surface area contributed by atoms with Crippen LogP contribution >= 0.6 is 22.7 Å². The van der Waals surface area contributed by atoms with E-state index in [1.54, 1.807) is 47.2 Å². The summed E-state index contributed by atoms with van der Waals surface area (Å²) in [6.07, 6.45) is 27.9. The molecule has 0 saturated carbocycles. The van der Waals surface area contributed by atoms with Crippen molar-refractivity contribution in [3.63, 3.8) is 0 Å². The van der Waals surface area contributed by atoms with Gasteiger partial charge >= 0.3 is 0 Å². The zero-order valence-corrected chi connectivity index (χ0v) is 101. The topological polar surface area (TPSA) is 206 Å². The first kappa shape index (κ1) is 133. The van der Waals surface area contributed by atoms with E-state index < -0.39 is 0 Å². The van der Waals surface area contributed by atoms with E-state index in [4.69, 9.17) is 0 Å². The van der Waals surface area contributed by atoms with Crippen LogP contribution in [0.1, 0.15) is 412 Å². The predicted octanol–water partition coefficient (Wildman–Crippen LogP) is 32.1. The fourth-order valence-corrected chi connectivity index (χ4v) is 13.6. The Kier molecular flexibility index (Phi) is 53.8. The number of pyridine rings is 2. The van der Waals surface area contributed by atoms with Crippen molar-refractivity contribution in [1.82, 2.24) is 78.8 Å². The summed E-state index contributed by atoms with van der Waals surface area (Å²) < 4.78 is 9.70. The van der Waals surface area contributed by atoms with Crippen LogP contribution in [0.4, 0.5) is 0 Å². The van der Waals surface area contributed by atoms with Crippen molar-refractivity contribution in [3.8, 4) is 0 Å². The first-order chi connectivity index (χ1) is 63.0. The fourth-order valence-electron chi connectivity index (χ4n) is 12.1. The van der Waals surface area contributed by atoms with Crippen LogP contribution in [-0.2, 0) is 101 Å². The maximum absolute atomic E-state index is 11.0. The summed E-state index contributed by atoms with van der Waals surface area (Å²) in [5.41, 5.74) is 24.0. The molecule has 140 heavy (non-hydrogen) atoms. The highest BCUT2D eigenvalue weighted by molar-refractivity contribution is 7.10. The van der Waals surface area contributed by atoms with Gasteiger partial charge in [0.1, 0.15) is 5.82 Å². The predicted molar refractivity (Wildman–Crippen MR) is 610 cm³/mol. The standard InChI is InChI=1S/2C10H18N2.C10H15N.C10H14O.C10H14.2C9H16N2.C9H13NO.C8H14N2.C8H13NS.C7H12N2.C7H11NS.C7H16.C6H12/c1-7-9(10(3,4)5)8(2)12(6)11-7;1-10(2,3)6-5-9-7-11-12(4)8-9;1-8-7-9(5-6-11-8)10(2,3)4;1-10(2,3)8-5-4-6-9(11)7-8;1-10(2,3)9-7-5-4-6-8-9;1-7-10-6-8(11(7)5)9(2,3)4;1-7-8(9(2,3)4)6-10-11(7)5;1-9(2,3)7-4-5-8(11)10-6-7;1-8(2,3)7-5-6-10(4)9-7;1-6-9-7(5-10-6)8(2,3)4;1-7(2,3)6-4-5-8-9-6;1-7(2,3)6-4-8-5-9-6;1-6(2)7(3,4)5;1-5-6(2,3)4/h1-6H3;7-8H,5-6H2,1-4H3;5-7H,1-4H3;4-5,7H,6H2,1-3H3;4-8H,1-3H3;2*6H,1-5H3;4-6H,1-3H3,(H,10,11);5-6H,1-4H3;5H,1-4H3;4-5H,1-3H3,(H,8,9);4-5H,1-3H3;6H,1-5H3;5H,1H2,2-4H3. The van der Waals surface area contributed by atoms with Gasteiger partial charge in [0.2, 0.25) is 5.56 Å². The molecule has 0 spiro atoms. The average Bonchev–Trinajstić information content (AvgIpc) is 1.65. The highest BCUT2D eigenvalue weighted by atomic mass is 32.1. The van der Waals surface area contributed by atoms with E-state index >= 15 is 0 Å². The molecule has 12 rings (SSSR count). The van der Waals surface area contributed by atoms with Gasteiger partial charge in [-0.2, -0.15) is 25.5 Å². The summed E-state index contributed by atoms with van der Waals surface area (Å²) in [4.78, 5) is 42.5. The molecule has 10 heterocycles. The van der Waals surface area contributed by atoms with E-state index in [2.05, 4.69) is 459 Å². The third-order valence-electron chi connectivity index (χ3n) is 22.8. The maximum atomic E-state index is 11.0. The molecule has 1 aliphatic carbocycles. The third-order valence-corrected chi connectivity index (χ3v) is 24.7. The summed E-state index contributed by atoms with van der Waals surface area (Å²) in [5, 5.41) is 27.1. The number of rotatable bonds is 2. The minimum Gasteiger partial charge on any atom is -0.335 e. The first-order valence-electron chi connectivity index (χ1n) is 50.0. The van der Waals surface area contributed by atoms with Gasteiger partial charge in [-0.15, -0.1) is 29.3 Å². The van der Waals surface area contributed by atoms with Crippen LogP contribution in [0.5, 0.6) is 0 Å². The van der Waals surface area contributed by atoms with E-state index in [1.165, 1.54) is 67.6 Å². The molecule has 0 aliphatic heterocycles. The van der Waals surface area contributed by atoms with Gasteiger partial charge in [0.05, 0.1) is 40.0 Å². The molecule has 18 nitrogen and oxygen atoms in total. The number of benzene rings is 1. The van der Waals surface area contributed by atoms with Gasteiger partial charge < -0.3 is 9.55 Å². The van der Waals surface area contributed by atoms with Crippen molar-refractivity contribution in [3.05, 3.63) is 275 Å². The molecule has 20 heteroatoms. The Morgan fingerprint density at radius 2 is 1.04 bits per heavy atom. The zero-order valence-electron chi connectivity index (χ0n) is 99.3. The molecule has 10 aromatic heterocycles. The molecule has 786 valence electrons. The van der Waals surface area contributed by atoms with Gasteiger partial charge in [0, 0.05) is 157 Å². The van der Waals surface area contributed by atoms with Crippen LogP contribution in [0.25, 0.3) is 0 Å².